The van der Waals surface area contributed by atoms with Crippen LogP contribution < -0.4 is 0 Å². The topological polar surface area (TPSA) is 197 Å². The number of ketones is 1. The second kappa shape index (κ2) is 12.8. The molecule has 0 radical (unpaired) electrons. The number of carbonyl (C=O) groups is 1. The molecule has 0 bridgehead atoms. The number of aromatic hydroxyl groups is 2. The quantitative estimate of drug-likeness (QED) is 0.153. The minimum atomic E-state index is -1.63. The first-order valence-corrected chi connectivity index (χ1v) is 19.1. The minimum absolute atomic E-state index is 0.00883. The van der Waals surface area contributed by atoms with Crippen LogP contribution in [-0.4, -0.2) is 108 Å². The van der Waals surface area contributed by atoms with Gasteiger partial charge < -0.3 is 50.3 Å². The number of rotatable bonds is 7. The molecule has 51 heavy (non-hydrogen) atoms. The molecule has 6 aliphatic rings. The number of aliphatic hydroxyl groups excluding tert-OH is 4. The number of allylic oxidation sites excluding steroid dienone is 1. The predicted molar refractivity (Wildman–Crippen MR) is 186 cm³/mol. The maximum Gasteiger partial charge on any atom is 0.160 e. The number of hydrogen-bond acceptors (Lipinski definition) is 11. The van der Waals surface area contributed by atoms with Crippen LogP contribution in [0.1, 0.15) is 97.0 Å². The van der Waals surface area contributed by atoms with Crippen molar-refractivity contribution in [2.45, 2.75) is 133 Å². The SMILES string of the molecule is C[C@H]1[C@H](C)CCC[C@]2(O[C@H]3C[C@@]4(O)C5=CC(=O)[C@@H]6[C@H](c7ccc(O)c(O)c7)[C@@H](O)[C@@H](OCCCO)C[C@]6(C)[C@H]5CC[C@]4(C)[C@H]3[C@]2(O)CCO)[C@H]1O. The Labute approximate surface area is 300 Å². The molecule has 5 aliphatic carbocycles. The molecule has 5 fully saturated rings. The third-order valence-electron chi connectivity index (χ3n) is 15.4. The van der Waals surface area contributed by atoms with Crippen LogP contribution in [0.5, 0.6) is 11.5 Å². The molecule has 1 spiro atoms. The summed E-state index contributed by atoms with van der Waals surface area (Å²) in [7, 11) is 0. The van der Waals surface area contributed by atoms with Gasteiger partial charge in [-0.3, -0.25) is 4.79 Å². The molecular formula is C40H58O11. The van der Waals surface area contributed by atoms with Crippen LogP contribution in [0.3, 0.4) is 0 Å². The fourth-order valence-corrected chi connectivity index (χ4v) is 12.7. The molecule has 11 nitrogen and oxygen atoms in total. The monoisotopic (exact) mass is 714 g/mol. The number of phenols is 2. The number of benzene rings is 1. The highest BCUT2D eigenvalue weighted by atomic mass is 16.6. The second-order valence-electron chi connectivity index (χ2n) is 17.6. The zero-order valence-electron chi connectivity index (χ0n) is 30.4. The van der Waals surface area contributed by atoms with Gasteiger partial charge in [-0.25, -0.2) is 0 Å². The zero-order chi connectivity index (χ0) is 36.9. The highest BCUT2D eigenvalue weighted by molar-refractivity contribution is 5.96. The molecule has 1 heterocycles. The van der Waals surface area contributed by atoms with Crippen LogP contribution >= 0.6 is 0 Å². The summed E-state index contributed by atoms with van der Waals surface area (Å²) >= 11 is 0. The Balaban J connectivity index is 1.31. The van der Waals surface area contributed by atoms with E-state index in [0.717, 1.165) is 12.8 Å². The van der Waals surface area contributed by atoms with Gasteiger partial charge in [-0.2, -0.15) is 0 Å². The summed E-state index contributed by atoms with van der Waals surface area (Å²) in [5, 5.41) is 90.3. The van der Waals surface area contributed by atoms with Gasteiger partial charge in [0.15, 0.2) is 17.3 Å². The molecule has 11 heteroatoms. The van der Waals surface area contributed by atoms with Crippen LogP contribution in [0.15, 0.2) is 29.8 Å². The smallest absolute Gasteiger partial charge is 0.160 e. The van der Waals surface area contributed by atoms with E-state index in [2.05, 4.69) is 6.92 Å². The normalized spacial score (nSPS) is 49.1. The maximum absolute atomic E-state index is 14.6. The van der Waals surface area contributed by atoms with Crippen molar-refractivity contribution in [3.05, 3.63) is 35.4 Å². The maximum atomic E-state index is 14.6. The average molecular weight is 715 g/mol. The molecule has 0 amide bonds. The van der Waals surface area contributed by atoms with E-state index in [1.165, 1.54) is 12.1 Å². The highest BCUT2D eigenvalue weighted by Gasteiger charge is 2.80. The van der Waals surface area contributed by atoms with Crippen molar-refractivity contribution in [3.8, 4) is 11.5 Å². The van der Waals surface area contributed by atoms with Crippen molar-refractivity contribution >= 4 is 5.78 Å². The Morgan fingerprint density at radius 3 is 2.41 bits per heavy atom. The van der Waals surface area contributed by atoms with Crippen molar-refractivity contribution in [1.82, 2.24) is 0 Å². The third kappa shape index (κ3) is 5.01. The van der Waals surface area contributed by atoms with Crippen molar-refractivity contribution in [1.29, 1.82) is 0 Å². The van der Waals surface area contributed by atoms with Crippen molar-refractivity contribution in [2.75, 3.05) is 19.8 Å². The van der Waals surface area contributed by atoms with E-state index in [1.807, 2.05) is 20.8 Å². The van der Waals surface area contributed by atoms with Gasteiger partial charge in [0, 0.05) is 55.8 Å². The second-order valence-corrected chi connectivity index (χ2v) is 17.6. The summed E-state index contributed by atoms with van der Waals surface area (Å²) in [4.78, 5) is 14.6. The Hall–Kier alpha value is -2.09. The molecule has 284 valence electrons. The van der Waals surface area contributed by atoms with Crippen LogP contribution in [0.25, 0.3) is 0 Å². The third-order valence-corrected chi connectivity index (χ3v) is 15.4. The van der Waals surface area contributed by atoms with Gasteiger partial charge in [0.25, 0.3) is 0 Å². The van der Waals surface area contributed by atoms with Crippen molar-refractivity contribution < 1.29 is 55.1 Å². The molecular weight excluding hydrogens is 656 g/mol. The first-order chi connectivity index (χ1) is 24.0. The summed E-state index contributed by atoms with van der Waals surface area (Å²) in [6.07, 6.45) is 2.08. The average Bonchev–Trinajstić information content (AvgIpc) is 3.42. The Morgan fingerprint density at radius 1 is 0.980 bits per heavy atom. The fourth-order valence-electron chi connectivity index (χ4n) is 12.7. The van der Waals surface area contributed by atoms with Gasteiger partial charge in [0.05, 0.1) is 30.0 Å². The summed E-state index contributed by atoms with van der Waals surface area (Å²) in [5.41, 5.74) is -5.14. The van der Waals surface area contributed by atoms with E-state index in [9.17, 15) is 45.6 Å². The minimum Gasteiger partial charge on any atom is -0.504 e. The van der Waals surface area contributed by atoms with E-state index in [4.69, 9.17) is 9.47 Å². The van der Waals surface area contributed by atoms with Crippen molar-refractivity contribution in [2.24, 2.45) is 40.4 Å². The molecule has 0 unspecified atom stereocenters. The van der Waals surface area contributed by atoms with Gasteiger partial charge in [0.2, 0.25) is 0 Å². The molecule has 15 atom stereocenters. The van der Waals surface area contributed by atoms with E-state index < -0.39 is 69.8 Å². The van der Waals surface area contributed by atoms with Crippen LogP contribution in [0, 0.1) is 40.4 Å². The lowest BCUT2D eigenvalue weighted by Gasteiger charge is -2.62. The largest absolute Gasteiger partial charge is 0.504 e. The number of fused-ring (bicyclic) bond motifs is 7. The first kappa shape index (κ1) is 37.2. The van der Waals surface area contributed by atoms with Crippen LogP contribution in [0.2, 0.25) is 0 Å². The predicted octanol–water partition coefficient (Wildman–Crippen LogP) is 3.08. The zero-order valence-corrected chi connectivity index (χ0v) is 30.4. The number of aliphatic hydroxyl groups is 6. The van der Waals surface area contributed by atoms with E-state index in [0.29, 0.717) is 43.2 Å². The van der Waals surface area contributed by atoms with E-state index in [1.54, 1.807) is 12.1 Å². The van der Waals surface area contributed by atoms with Gasteiger partial charge in [0.1, 0.15) is 11.2 Å². The lowest BCUT2D eigenvalue weighted by Crippen LogP contribution is -2.68. The molecule has 7 rings (SSSR count). The number of ether oxygens (including phenoxy) is 2. The van der Waals surface area contributed by atoms with Gasteiger partial charge in [-0.15, -0.1) is 0 Å². The summed E-state index contributed by atoms with van der Waals surface area (Å²) in [6.45, 7) is 7.90. The van der Waals surface area contributed by atoms with E-state index in [-0.39, 0.29) is 67.7 Å². The van der Waals surface area contributed by atoms with Crippen molar-refractivity contribution in [3.63, 3.8) is 0 Å². The highest BCUT2D eigenvalue weighted by Crippen LogP contribution is 2.73. The van der Waals surface area contributed by atoms with Gasteiger partial charge in [-0.05, 0) is 84.6 Å². The standard InChI is InChI=1S/C40H58O11/c1-21-7-5-11-40(35(47)22(21)2)38(48,13-15-42)34-30(51-40)20-39(49)25-18-28(45)32-31(23-8-9-26(43)27(44)17-23)33(46)29(50-16-6-14-41)19-36(32,3)24(25)10-12-37(34,39)4/h8-9,17-18,21-22,24,29-35,41-44,46-49H,5-7,10-16,19-20H2,1-4H3/t21-,22+,24+,29+,30+,31+,32-,33+,34+,35+,36-,37-,38-,39-,40+/m1/s1. The molecule has 0 aromatic heterocycles. The number of carbonyl (C=O) groups excluding carboxylic acids is 1. The molecule has 1 saturated heterocycles. The Kier molecular flexibility index (Phi) is 9.31. The Morgan fingerprint density at radius 2 is 1.73 bits per heavy atom. The van der Waals surface area contributed by atoms with Crippen LogP contribution in [-0.2, 0) is 14.3 Å². The summed E-state index contributed by atoms with van der Waals surface area (Å²) in [5.74, 6) is -3.29. The lowest BCUT2D eigenvalue weighted by molar-refractivity contribution is -0.233. The molecule has 1 aromatic rings. The Bertz CT molecular complexity index is 1550. The number of hydrogen-bond donors (Lipinski definition) is 8. The van der Waals surface area contributed by atoms with Crippen LogP contribution in [0.4, 0.5) is 0 Å². The van der Waals surface area contributed by atoms with Gasteiger partial charge >= 0.3 is 0 Å². The molecule has 8 N–H and O–H groups in total. The van der Waals surface area contributed by atoms with Gasteiger partial charge in [-0.1, -0.05) is 46.6 Å². The van der Waals surface area contributed by atoms with E-state index >= 15 is 0 Å². The fraction of sp³-hybridized carbons (Fsp3) is 0.775. The molecule has 1 aromatic carbocycles. The lowest BCUT2D eigenvalue weighted by atomic mass is 9.43. The first-order valence-electron chi connectivity index (χ1n) is 19.1. The number of phenolic OH excluding ortho intramolecular Hbond substituents is 2. The summed E-state index contributed by atoms with van der Waals surface area (Å²) in [6, 6.07) is 4.33. The summed E-state index contributed by atoms with van der Waals surface area (Å²) < 4.78 is 13.1. The molecule has 4 saturated carbocycles. The molecule has 1 aliphatic heterocycles.